The van der Waals surface area contributed by atoms with E-state index in [-0.39, 0.29) is 16.1 Å². The zero-order valence-corrected chi connectivity index (χ0v) is 15.8. The number of thiophene rings is 1. The number of carbonyl (C=O) groups is 2. The molecule has 0 spiro atoms. The molecule has 0 fully saturated rings. The Balaban J connectivity index is 1.73. The summed E-state index contributed by atoms with van der Waals surface area (Å²) in [6, 6.07) is 13.7. The van der Waals surface area contributed by atoms with E-state index in [0.717, 1.165) is 12.1 Å². The molecule has 0 aliphatic carbocycles. The number of sulfonamides is 1. The highest BCUT2D eigenvalue weighted by Crippen LogP contribution is 2.19. The summed E-state index contributed by atoms with van der Waals surface area (Å²) in [6.45, 7) is 0. The minimum Gasteiger partial charge on any atom is -0.277 e. The third-order valence-corrected chi connectivity index (χ3v) is 5.79. The van der Waals surface area contributed by atoms with Gasteiger partial charge in [0.2, 0.25) is 0 Å². The van der Waals surface area contributed by atoms with E-state index in [4.69, 9.17) is 0 Å². The topological polar surface area (TPSA) is 104 Å². The molecule has 3 rings (SSSR count). The van der Waals surface area contributed by atoms with E-state index in [1.54, 1.807) is 17.5 Å². The Bertz CT molecular complexity index is 1120. The Morgan fingerprint density at radius 3 is 2.36 bits per heavy atom. The van der Waals surface area contributed by atoms with Crippen LogP contribution in [0.1, 0.15) is 20.0 Å². The number of benzene rings is 2. The first-order valence-electron chi connectivity index (χ1n) is 7.88. The minimum atomic E-state index is -4.11. The van der Waals surface area contributed by atoms with Gasteiger partial charge in [0.05, 0.1) is 15.5 Å². The minimum absolute atomic E-state index is 0.00267. The molecule has 7 nitrogen and oxygen atoms in total. The van der Waals surface area contributed by atoms with Crippen molar-refractivity contribution in [2.45, 2.75) is 4.90 Å². The Kier molecular flexibility index (Phi) is 5.71. The lowest BCUT2D eigenvalue weighted by Crippen LogP contribution is -2.41. The maximum absolute atomic E-state index is 13.7. The van der Waals surface area contributed by atoms with Crippen LogP contribution in [0.4, 0.5) is 10.1 Å². The first-order valence-corrected chi connectivity index (χ1v) is 10.2. The predicted octanol–water partition coefficient (Wildman–Crippen LogP) is 2.76. The Morgan fingerprint density at radius 1 is 0.893 bits per heavy atom. The van der Waals surface area contributed by atoms with Crippen molar-refractivity contribution in [3.05, 3.63) is 82.3 Å². The van der Waals surface area contributed by atoms with E-state index < -0.39 is 27.7 Å². The highest BCUT2D eigenvalue weighted by Gasteiger charge is 2.18. The molecule has 2 amide bonds. The van der Waals surface area contributed by atoms with Crippen molar-refractivity contribution in [3.8, 4) is 0 Å². The number of hydrazine groups is 1. The summed E-state index contributed by atoms with van der Waals surface area (Å²) in [5.41, 5.74) is 4.26. The molecule has 3 aromatic rings. The van der Waals surface area contributed by atoms with Crippen LogP contribution < -0.4 is 15.6 Å². The lowest BCUT2D eigenvalue weighted by atomic mass is 10.2. The van der Waals surface area contributed by atoms with Crippen molar-refractivity contribution >= 4 is 38.9 Å². The predicted molar refractivity (Wildman–Crippen MR) is 103 cm³/mol. The van der Waals surface area contributed by atoms with Crippen molar-refractivity contribution < 1.29 is 22.4 Å². The molecular formula is C18H14FN3O4S2. The van der Waals surface area contributed by atoms with Crippen molar-refractivity contribution in [1.29, 1.82) is 0 Å². The first-order chi connectivity index (χ1) is 13.4. The third kappa shape index (κ3) is 4.53. The van der Waals surface area contributed by atoms with Crippen molar-refractivity contribution in [2.75, 3.05) is 4.72 Å². The fourth-order valence-electron chi connectivity index (χ4n) is 2.21. The molecule has 144 valence electrons. The number of hydrogen-bond acceptors (Lipinski definition) is 5. The second kappa shape index (κ2) is 8.19. The van der Waals surface area contributed by atoms with Gasteiger partial charge in [-0.05, 0) is 41.8 Å². The normalized spacial score (nSPS) is 10.9. The average Bonchev–Trinajstić information content (AvgIpc) is 3.22. The highest BCUT2D eigenvalue weighted by molar-refractivity contribution is 7.92. The summed E-state index contributed by atoms with van der Waals surface area (Å²) in [4.78, 5) is 24.2. The second-order valence-corrected chi connectivity index (χ2v) is 8.13. The van der Waals surface area contributed by atoms with Crippen LogP contribution in [0.3, 0.4) is 0 Å². The van der Waals surface area contributed by atoms with Gasteiger partial charge in [-0.3, -0.25) is 25.2 Å². The quantitative estimate of drug-likeness (QED) is 0.553. The van der Waals surface area contributed by atoms with Gasteiger partial charge < -0.3 is 0 Å². The molecule has 10 heteroatoms. The summed E-state index contributed by atoms with van der Waals surface area (Å²) in [5, 5.41) is 1.72. The Hall–Kier alpha value is -3.24. The number of para-hydroxylation sites is 1. The maximum atomic E-state index is 13.7. The van der Waals surface area contributed by atoms with Crippen molar-refractivity contribution in [1.82, 2.24) is 10.9 Å². The molecule has 0 saturated heterocycles. The average molecular weight is 419 g/mol. The SMILES string of the molecule is O=C(NNC(=O)c1cccs1)c1cccc(S(=O)(=O)Nc2ccccc2F)c1. The summed E-state index contributed by atoms with van der Waals surface area (Å²) >= 11 is 1.20. The molecular weight excluding hydrogens is 405 g/mol. The number of rotatable bonds is 5. The van der Waals surface area contributed by atoms with Gasteiger partial charge in [-0.25, -0.2) is 12.8 Å². The van der Waals surface area contributed by atoms with Gasteiger partial charge in [0.25, 0.3) is 21.8 Å². The van der Waals surface area contributed by atoms with E-state index in [0.29, 0.717) is 4.88 Å². The molecule has 0 radical (unpaired) electrons. The number of nitrogens with one attached hydrogen (secondary N) is 3. The third-order valence-electron chi connectivity index (χ3n) is 3.56. The number of carbonyl (C=O) groups excluding carboxylic acids is 2. The van der Waals surface area contributed by atoms with Crippen LogP contribution in [-0.2, 0) is 10.0 Å². The highest BCUT2D eigenvalue weighted by atomic mass is 32.2. The van der Waals surface area contributed by atoms with Gasteiger partial charge >= 0.3 is 0 Å². The fraction of sp³-hybridized carbons (Fsp3) is 0. The monoisotopic (exact) mass is 419 g/mol. The van der Waals surface area contributed by atoms with Crippen LogP contribution in [0.25, 0.3) is 0 Å². The molecule has 0 aliphatic rings. The van der Waals surface area contributed by atoms with Crippen LogP contribution in [0.5, 0.6) is 0 Å². The van der Waals surface area contributed by atoms with Crippen LogP contribution in [0.2, 0.25) is 0 Å². The van der Waals surface area contributed by atoms with Gasteiger partial charge in [0.15, 0.2) is 0 Å². The van der Waals surface area contributed by atoms with E-state index in [9.17, 15) is 22.4 Å². The molecule has 0 saturated carbocycles. The number of anilines is 1. The molecule has 2 aromatic carbocycles. The number of hydrogen-bond donors (Lipinski definition) is 3. The molecule has 0 atom stereocenters. The first kappa shape index (κ1) is 19.5. The van der Waals surface area contributed by atoms with Crippen LogP contribution in [-0.4, -0.2) is 20.2 Å². The molecule has 1 aromatic heterocycles. The Labute approximate surface area is 164 Å². The largest absolute Gasteiger partial charge is 0.279 e. The van der Waals surface area contributed by atoms with Crippen LogP contribution >= 0.6 is 11.3 Å². The van der Waals surface area contributed by atoms with Crippen molar-refractivity contribution in [2.24, 2.45) is 0 Å². The van der Waals surface area contributed by atoms with E-state index in [1.807, 2.05) is 0 Å². The zero-order valence-electron chi connectivity index (χ0n) is 14.2. The summed E-state index contributed by atoms with van der Waals surface area (Å²) in [5.74, 6) is -1.92. The van der Waals surface area contributed by atoms with Gasteiger partial charge in [0.1, 0.15) is 5.82 Å². The van der Waals surface area contributed by atoms with Gasteiger partial charge in [0, 0.05) is 5.56 Å². The summed E-state index contributed by atoms with van der Waals surface area (Å²) in [7, 11) is -4.11. The summed E-state index contributed by atoms with van der Waals surface area (Å²) in [6.07, 6.45) is 0. The standard InChI is InChI=1S/C18H14FN3O4S2/c19-14-7-1-2-8-15(14)22-28(25,26)13-6-3-5-12(11-13)17(23)20-21-18(24)16-9-4-10-27-16/h1-11,22H,(H,20,23)(H,21,24). The van der Waals surface area contributed by atoms with Crippen LogP contribution in [0.15, 0.2) is 70.9 Å². The number of amides is 2. The van der Waals surface area contributed by atoms with Crippen molar-refractivity contribution in [3.63, 3.8) is 0 Å². The second-order valence-electron chi connectivity index (χ2n) is 5.50. The number of halogens is 1. The smallest absolute Gasteiger partial charge is 0.277 e. The maximum Gasteiger partial charge on any atom is 0.279 e. The molecule has 28 heavy (non-hydrogen) atoms. The molecule has 0 bridgehead atoms. The lowest BCUT2D eigenvalue weighted by molar-refractivity contribution is 0.0849. The lowest BCUT2D eigenvalue weighted by Gasteiger charge is -2.10. The van der Waals surface area contributed by atoms with Gasteiger partial charge in [-0.2, -0.15) is 0 Å². The zero-order chi connectivity index (χ0) is 20.1. The van der Waals surface area contributed by atoms with Gasteiger partial charge in [-0.15, -0.1) is 11.3 Å². The van der Waals surface area contributed by atoms with E-state index in [2.05, 4.69) is 15.6 Å². The van der Waals surface area contributed by atoms with Gasteiger partial charge in [-0.1, -0.05) is 24.3 Å². The summed E-state index contributed by atoms with van der Waals surface area (Å²) < 4.78 is 40.8. The van der Waals surface area contributed by atoms with E-state index in [1.165, 1.54) is 47.7 Å². The molecule has 0 unspecified atom stereocenters. The van der Waals surface area contributed by atoms with Crippen LogP contribution in [0, 0.1) is 5.82 Å². The molecule has 0 aliphatic heterocycles. The Morgan fingerprint density at radius 2 is 1.64 bits per heavy atom. The molecule has 1 heterocycles. The fourth-order valence-corrected chi connectivity index (χ4v) is 3.94. The van der Waals surface area contributed by atoms with E-state index >= 15 is 0 Å². The molecule has 3 N–H and O–H groups in total.